The Morgan fingerprint density at radius 1 is 1.00 bits per heavy atom. The lowest BCUT2D eigenvalue weighted by atomic mass is 9.52. The van der Waals surface area contributed by atoms with Gasteiger partial charge in [0.2, 0.25) is 0 Å². The molecule has 0 amide bonds. The summed E-state index contributed by atoms with van der Waals surface area (Å²) in [5.74, 6) is 1.39. The van der Waals surface area contributed by atoms with Gasteiger partial charge in [0.25, 0.3) is 0 Å². The van der Waals surface area contributed by atoms with Gasteiger partial charge in [0.1, 0.15) is 17.3 Å². The third-order valence-corrected chi connectivity index (χ3v) is 12.2. The third kappa shape index (κ3) is 3.59. The van der Waals surface area contributed by atoms with E-state index in [9.17, 15) is 9.90 Å². The molecule has 5 bridgehead atoms. The highest BCUT2D eigenvalue weighted by atomic mass is 16.6. The molecule has 5 aliphatic heterocycles. The number of nitrogens with zero attached hydrogens (tertiary/aromatic N) is 3. The number of H-pyrrole nitrogens is 1. The Bertz CT molecular complexity index is 1690. The van der Waals surface area contributed by atoms with Crippen LogP contribution in [0.4, 0.5) is 0 Å². The summed E-state index contributed by atoms with van der Waals surface area (Å²) in [6.45, 7) is 5.27. The van der Waals surface area contributed by atoms with Crippen LogP contribution >= 0.6 is 0 Å². The van der Waals surface area contributed by atoms with Gasteiger partial charge in [0.05, 0.1) is 16.8 Å². The molecule has 6 aliphatic rings. The van der Waals surface area contributed by atoms with Crippen molar-refractivity contribution >= 4 is 33.2 Å². The molecular weight excluding hydrogens is 536 g/mol. The molecule has 43 heavy (non-hydrogen) atoms. The highest BCUT2D eigenvalue weighted by Crippen LogP contribution is 2.74. The number of ether oxygens (including phenoxy) is 1. The molecule has 7 nitrogen and oxygen atoms in total. The number of piperidine rings is 1. The summed E-state index contributed by atoms with van der Waals surface area (Å²) >= 11 is 0. The quantitative estimate of drug-likeness (QED) is 0.335. The van der Waals surface area contributed by atoms with E-state index in [-0.39, 0.29) is 16.8 Å². The van der Waals surface area contributed by atoms with Gasteiger partial charge in [0, 0.05) is 66.3 Å². The molecule has 7 heteroatoms. The topological polar surface area (TPSA) is 81.7 Å². The number of aromatic amines is 1. The number of benzene rings is 1. The number of carbonyl (C=O) groups is 1. The number of aromatic nitrogens is 2. The molecule has 9 rings (SSSR count). The molecule has 3 aromatic rings. The predicted molar refractivity (Wildman–Crippen MR) is 168 cm³/mol. The number of hydrogen-bond acceptors (Lipinski definition) is 6. The van der Waals surface area contributed by atoms with Crippen LogP contribution in [0.2, 0.25) is 0 Å². The summed E-state index contributed by atoms with van der Waals surface area (Å²) < 4.78 is 7.70. The van der Waals surface area contributed by atoms with Crippen molar-refractivity contribution < 1.29 is 14.6 Å². The summed E-state index contributed by atoms with van der Waals surface area (Å²) in [4.78, 5) is 27.3. The van der Waals surface area contributed by atoms with Gasteiger partial charge < -0.3 is 19.7 Å². The van der Waals surface area contributed by atoms with E-state index in [0.29, 0.717) is 30.5 Å². The number of phenols is 1. The third-order valence-electron chi connectivity index (χ3n) is 12.2. The van der Waals surface area contributed by atoms with Crippen LogP contribution in [0.3, 0.4) is 0 Å². The molecule has 2 aromatic heterocycles. The number of carbonyl (C=O) groups excluding carboxylic acids is 1. The SMILES string of the molecule is O=C1CCCN2CC3C45C=C(c6nccc7c6[nH]c6ccc(O)cc67)C6CCN(CCCCC=CCC4)CC63C2(CC1)O5. The molecule has 7 heterocycles. The summed E-state index contributed by atoms with van der Waals surface area (Å²) in [5.41, 5.74) is 3.56. The Hall–Kier alpha value is -3.00. The van der Waals surface area contributed by atoms with E-state index in [1.165, 1.54) is 18.4 Å². The first-order valence-electron chi connectivity index (χ1n) is 16.7. The summed E-state index contributed by atoms with van der Waals surface area (Å²) in [5, 5.41) is 12.4. The summed E-state index contributed by atoms with van der Waals surface area (Å²) in [6, 6.07) is 7.65. The molecule has 0 saturated carbocycles. The van der Waals surface area contributed by atoms with Crippen LogP contribution in [0.15, 0.2) is 48.7 Å². The standard InChI is InChI=1S/C36H42N4O3/c41-24-8-7-18-40-22-31-34-14-5-3-1-2-4-6-17-39-19-13-29(35(31,23-39)36(40,43-34)15-11-24)28(21-34)32-33-26(12-16-37-32)27-20-25(42)9-10-30(27)38-33/h1,3,9-10,12,16,20-21,29,31,38,42H,2,4-8,11,13-15,17-19,22-23H2. The highest BCUT2D eigenvalue weighted by molar-refractivity contribution is 6.10. The first-order valence-corrected chi connectivity index (χ1v) is 16.7. The van der Waals surface area contributed by atoms with Crippen molar-refractivity contribution in [3.63, 3.8) is 0 Å². The number of ketones is 1. The number of nitrogens with one attached hydrogen (secondary N) is 1. The van der Waals surface area contributed by atoms with Crippen molar-refractivity contribution in [2.45, 2.75) is 75.5 Å². The molecule has 4 fully saturated rings. The summed E-state index contributed by atoms with van der Waals surface area (Å²) in [6.07, 6.45) is 19.0. The normalized spacial score (nSPS) is 37.8. The van der Waals surface area contributed by atoms with E-state index in [0.717, 1.165) is 98.7 Å². The van der Waals surface area contributed by atoms with Crippen LogP contribution in [0, 0.1) is 17.3 Å². The number of phenolic OH excluding ortho intramolecular Hbond substituents is 1. The monoisotopic (exact) mass is 578 g/mol. The van der Waals surface area contributed by atoms with Gasteiger partial charge in [-0.15, -0.1) is 0 Å². The maximum absolute atomic E-state index is 13.0. The van der Waals surface area contributed by atoms with Gasteiger partial charge in [-0.25, -0.2) is 0 Å². The van der Waals surface area contributed by atoms with Crippen molar-refractivity contribution in [1.29, 1.82) is 0 Å². The number of allylic oxidation sites excluding steroid dienone is 3. The van der Waals surface area contributed by atoms with Crippen LogP contribution in [-0.2, 0) is 9.53 Å². The fourth-order valence-corrected chi connectivity index (χ4v) is 10.5. The average molecular weight is 579 g/mol. The minimum Gasteiger partial charge on any atom is -0.508 e. The minimum atomic E-state index is -0.427. The average Bonchev–Trinajstić information content (AvgIpc) is 3.53. The predicted octanol–water partition coefficient (Wildman–Crippen LogP) is 6.19. The Kier molecular flexibility index (Phi) is 5.83. The molecule has 6 unspecified atom stereocenters. The minimum absolute atomic E-state index is 0.0845. The fourth-order valence-electron chi connectivity index (χ4n) is 10.5. The Balaban J connectivity index is 1.28. The second-order valence-corrected chi connectivity index (χ2v) is 14.2. The lowest BCUT2D eigenvalue weighted by molar-refractivity contribution is -0.226. The lowest BCUT2D eigenvalue weighted by Crippen LogP contribution is -2.63. The second kappa shape index (κ2) is 9.50. The second-order valence-electron chi connectivity index (χ2n) is 14.2. The number of aromatic hydroxyl groups is 1. The first kappa shape index (κ1) is 26.4. The number of Topliss-reactive ketones (excluding diaryl/α,β-unsaturated/α-hetero) is 1. The van der Waals surface area contributed by atoms with Crippen molar-refractivity contribution in [3.05, 3.63) is 54.4 Å². The Morgan fingerprint density at radius 2 is 1.93 bits per heavy atom. The molecule has 0 radical (unpaired) electrons. The lowest BCUT2D eigenvalue weighted by Gasteiger charge is -2.55. The van der Waals surface area contributed by atoms with E-state index in [1.54, 1.807) is 6.07 Å². The van der Waals surface area contributed by atoms with Crippen LogP contribution in [0.25, 0.3) is 27.4 Å². The zero-order chi connectivity index (χ0) is 28.8. The van der Waals surface area contributed by atoms with Crippen LogP contribution in [0.5, 0.6) is 5.75 Å². The van der Waals surface area contributed by atoms with E-state index >= 15 is 0 Å². The molecule has 1 aliphatic carbocycles. The fraction of sp³-hybridized carbons (Fsp3) is 0.556. The van der Waals surface area contributed by atoms with Crippen molar-refractivity contribution in [3.8, 4) is 5.75 Å². The zero-order valence-corrected chi connectivity index (χ0v) is 25.0. The molecular formula is C36H42N4O3. The van der Waals surface area contributed by atoms with Gasteiger partial charge >= 0.3 is 0 Å². The smallest absolute Gasteiger partial charge is 0.133 e. The largest absolute Gasteiger partial charge is 0.508 e. The van der Waals surface area contributed by atoms with Gasteiger partial charge in [0.15, 0.2) is 0 Å². The number of fused-ring (bicyclic) bond motifs is 4. The molecule has 2 N–H and O–H groups in total. The van der Waals surface area contributed by atoms with Crippen molar-refractivity contribution in [2.24, 2.45) is 17.3 Å². The summed E-state index contributed by atoms with van der Waals surface area (Å²) in [7, 11) is 0. The highest BCUT2D eigenvalue weighted by Gasteiger charge is 2.80. The van der Waals surface area contributed by atoms with E-state index in [2.05, 4.69) is 39.1 Å². The Morgan fingerprint density at radius 3 is 2.88 bits per heavy atom. The van der Waals surface area contributed by atoms with Gasteiger partial charge in [-0.1, -0.05) is 12.2 Å². The molecule has 2 spiro atoms. The van der Waals surface area contributed by atoms with E-state index in [1.807, 2.05) is 18.3 Å². The van der Waals surface area contributed by atoms with Crippen molar-refractivity contribution in [2.75, 3.05) is 32.7 Å². The number of rotatable bonds is 1. The molecule has 6 atom stereocenters. The van der Waals surface area contributed by atoms with Gasteiger partial charge in [-0.3, -0.25) is 14.7 Å². The van der Waals surface area contributed by atoms with Gasteiger partial charge in [-0.2, -0.15) is 0 Å². The van der Waals surface area contributed by atoms with Crippen molar-refractivity contribution in [1.82, 2.24) is 19.8 Å². The number of hydrogen-bond donors (Lipinski definition) is 2. The Labute approximate surface area is 253 Å². The molecule has 1 aromatic carbocycles. The van der Waals surface area contributed by atoms with E-state index in [4.69, 9.17) is 9.72 Å². The van der Waals surface area contributed by atoms with Crippen LogP contribution in [-0.4, -0.2) is 74.7 Å². The van der Waals surface area contributed by atoms with E-state index < -0.39 is 5.72 Å². The molecule has 4 saturated heterocycles. The zero-order valence-electron chi connectivity index (χ0n) is 25.0. The van der Waals surface area contributed by atoms with Crippen LogP contribution in [0.1, 0.15) is 69.9 Å². The van der Waals surface area contributed by atoms with Gasteiger partial charge in [-0.05, 0) is 106 Å². The number of pyridine rings is 1. The maximum Gasteiger partial charge on any atom is 0.133 e. The van der Waals surface area contributed by atoms with Crippen LogP contribution < -0.4 is 0 Å². The molecule has 224 valence electrons. The first-order chi connectivity index (χ1) is 21.0. The maximum atomic E-state index is 13.0.